The number of nitrogens with one attached hydrogen (secondary N) is 1. The quantitative estimate of drug-likeness (QED) is 0.483. The SMILES string of the molecule is CNc1c(Cn2cnc(C)c(I)c2=O)cccc1[N+](=O)[O-]. The molecule has 21 heavy (non-hydrogen) atoms. The summed E-state index contributed by atoms with van der Waals surface area (Å²) < 4.78 is 1.99. The highest BCUT2D eigenvalue weighted by molar-refractivity contribution is 14.1. The number of para-hydroxylation sites is 1. The topological polar surface area (TPSA) is 90.1 Å². The largest absolute Gasteiger partial charge is 0.382 e. The minimum absolute atomic E-state index is 0.0159. The summed E-state index contributed by atoms with van der Waals surface area (Å²) in [5.74, 6) is 0. The van der Waals surface area contributed by atoms with E-state index in [-0.39, 0.29) is 17.8 Å². The van der Waals surface area contributed by atoms with Gasteiger partial charge in [0, 0.05) is 18.7 Å². The van der Waals surface area contributed by atoms with Gasteiger partial charge in [0.1, 0.15) is 5.69 Å². The Morgan fingerprint density at radius 2 is 2.19 bits per heavy atom. The number of benzene rings is 1. The summed E-state index contributed by atoms with van der Waals surface area (Å²) in [6.07, 6.45) is 1.46. The van der Waals surface area contributed by atoms with Crippen LogP contribution in [0, 0.1) is 20.6 Å². The Hall–Kier alpha value is -1.97. The molecule has 0 aliphatic rings. The third-order valence-electron chi connectivity index (χ3n) is 3.07. The molecule has 0 bridgehead atoms. The Balaban J connectivity index is 2.50. The van der Waals surface area contributed by atoms with Crippen molar-refractivity contribution >= 4 is 34.0 Å². The van der Waals surface area contributed by atoms with Crippen LogP contribution in [0.3, 0.4) is 0 Å². The Bertz CT molecular complexity index is 758. The number of aromatic nitrogens is 2. The number of hydrogen-bond donors (Lipinski definition) is 1. The fraction of sp³-hybridized carbons (Fsp3) is 0.231. The molecule has 2 rings (SSSR count). The molecule has 0 spiro atoms. The predicted molar refractivity (Wildman–Crippen MR) is 87.7 cm³/mol. The van der Waals surface area contributed by atoms with Crippen LogP contribution in [0.15, 0.2) is 29.3 Å². The molecule has 0 atom stereocenters. The predicted octanol–water partition coefficient (Wildman–Crippen LogP) is 2.15. The second-order valence-corrected chi connectivity index (χ2v) is 5.47. The zero-order valence-corrected chi connectivity index (χ0v) is 13.6. The van der Waals surface area contributed by atoms with Crippen molar-refractivity contribution in [3.63, 3.8) is 0 Å². The van der Waals surface area contributed by atoms with E-state index in [4.69, 9.17) is 0 Å². The molecule has 0 unspecified atom stereocenters. The zero-order valence-electron chi connectivity index (χ0n) is 11.5. The average molecular weight is 400 g/mol. The first-order valence-electron chi connectivity index (χ1n) is 6.11. The molecule has 1 heterocycles. The first-order chi connectivity index (χ1) is 9.95. The maximum Gasteiger partial charge on any atom is 0.292 e. The zero-order chi connectivity index (χ0) is 15.6. The Labute approximate surface area is 134 Å². The van der Waals surface area contributed by atoms with E-state index in [2.05, 4.69) is 10.3 Å². The smallest absolute Gasteiger partial charge is 0.292 e. The van der Waals surface area contributed by atoms with Gasteiger partial charge in [-0.05, 0) is 29.5 Å². The Kier molecular flexibility index (Phi) is 4.56. The van der Waals surface area contributed by atoms with E-state index in [9.17, 15) is 14.9 Å². The standard InChI is InChI=1S/C13H13IN4O3/c1-8-11(14)13(19)17(7-16-8)6-9-4-3-5-10(18(20)21)12(9)15-2/h3-5,7,15H,6H2,1-2H3. The minimum atomic E-state index is -0.449. The Morgan fingerprint density at radius 3 is 2.81 bits per heavy atom. The molecule has 0 amide bonds. The first kappa shape index (κ1) is 15.4. The van der Waals surface area contributed by atoms with Gasteiger partial charge in [-0.1, -0.05) is 12.1 Å². The van der Waals surface area contributed by atoms with E-state index in [1.54, 1.807) is 26.1 Å². The van der Waals surface area contributed by atoms with Crippen LogP contribution in [-0.4, -0.2) is 21.5 Å². The van der Waals surface area contributed by atoms with E-state index in [0.717, 1.165) is 0 Å². The number of nitro benzene ring substituents is 1. The molecule has 8 heteroatoms. The van der Waals surface area contributed by atoms with Gasteiger partial charge in [0.25, 0.3) is 11.2 Å². The van der Waals surface area contributed by atoms with Crippen LogP contribution in [0.1, 0.15) is 11.3 Å². The van der Waals surface area contributed by atoms with Gasteiger partial charge in [-0.25, -0.2) is 4.98 Å². The molecule has 0 aliphatic carbocycles. The third-order valence-corrected chi connectivity index (χ3v) is 4.32. The van der Waals surface area contributed by atoms with Crippen LogP contribution in [0.25, 0.3) is 0 Å². The number of anilines is 1. The van der Waals surface area contributed by atoms with Crippen molar-refractivity contribution in [2.75, 3.05) is 12.4 Å². The molecule has 0 radical (unpaired) electrons. The maximum absolute atomic E-state index is 12.2. The molecular formula is C13H13IN4O3. The fourth-order valence-corrected chi connectivity index (χ4v) is 2.45. The molecule has 1 aromatic carbocycles. The van der Waals surface area contributed by atoms with E-state index in [0.29, 0.717) is 20.5 Å². The number of rotatable bonds is 4. The molecule has 0 saturated carbocycles. The number of halogens is 1. The minimum Gasteiger partial charge on any atom is -0.382 e. The summed E-state index contributed by atoms with van der Waals surface area (Å²) in [5.41, 5.74) is 1.57. The highest BCUT2D eigenvalue weighted by atomic mass is 127. The second kappa shape index (κ2) is 6.20. The molecular weight excluding hydrogens is 387 g/mol. The monoisotopic (exact) mass is 400 g/mol. The summed E-state index contributed by atoms with van der Waals surface area (Å²) in [5, 5.41) is 13.9. The van der Waals surface area contributed by atoms with Crippen molar-refractivity contribution in [1.29, 1.82) is 0 Å². The fourth-order valence-electron chi connectivity index (χ4n) is 2.00. The van der Waals surface area contributed by atoms with Gasteiger partial charge in [-0.2, -0.15) is 0 Å². The number of hydrogen-bond acceptors (Lipinski definition) is 5. The van der Waals surface area contributed by atoms with Gasteiger partial charge in [-0.3, -0.25) is 19.5 Å². The lowest BCUT2D eigenvalue weighted by Gasteiger charge is -2.11. The molecule has 7 nitrogen and oxygen atoms in total. The molecule has 2 aromatic rings. The van der Waals surface area contributed by atoms with Crippen molar-refractivity contribution in [3.8, 4) is 0 Å². The van der Waals surface area contributed by atoms with Gasteiger partial charge < -0.3 is 5.32 Å². The molecule has 0 saturated heterocycles. The van der Waals surface area contributed by atoms with Crippen molar-refractivity contribution in [2.24, 2.45) is 0 Å². The second-order valence-electron chi connectivity index (χ2n) is 4.40. The molecule has 1 aromatic heterocycles. The lowest BCUT2D eigenvalue weighted by atomic mass is 10.1. The van der Waals surface area contributed by atoms with E-state index >= 15 is 0 Å². The average Bonchev–Trinajstić information content (AvgIpc) is 2.47. The summed E-state index contributed by atoms with van der Waals surface area (Å²) in [7, 11) is 1.62. The van der Waals surface area contributed by atoms with Crippen LogP contribution >= 0.6 is 22.6 Å². The number of aryl methyl sites for hydroxylation is 1. The molecule has 1 N–H and O–H groups in total. The van der Waals surface area contributed by atoms with Gasteiger partial charge >= 0.3 is 0 Å². The van der Waals surface area contributed by atoms with Crippen LogP contribution < -0.4 is 10.9 Å². The molecule has 0 fully saturated rings. The summed E-state index contributed by atoms with van der Waals surface area (Å²) in [6, 6.07) is 4.78. The van der Waals surface area contributed by atoms with Crippen LogP contribution in [0.5, 0.6) is 0 Å². The van der Waals surface area contributed by atoms with Gasteiger partial charge in [-0.15, -0.1) is 0 Å². The number of nitro groups is 1. The van der Waals surface area contributed by atoms with Crippen LogP contribution in [0.4, 0.5) is 11.4 Å². The lowest BCUT2D eigenvalue weighted by Crippen LogP contribution is -2.25. The Morgan fingerprint density at radius 1 is 1.48 bits per heavy atom. The highest BCUT2D eigenvalue weighted by Crippen LogP contribution is 2.28. The first-order valence-corrected chi connectivity index (χ1v) is 7.19. The van der Waals surface area contributed by atoms with Crippen molar-refractivity contribution in [1.82, 2.24) is 9.55 Å². The van der Waals surface area contributed by atoms with Crippen LogP contribution in [-0.2, 0) is 6.54 Å². The third kappa shape index (κ3) is 3.04. The highest BCUT2D eigenvalue weighted by Gasteiger charge is 2.17. The van der Waals surface area contributed by atoms with Crippen LogP contribution in [0.2, 0.25) is 0 Å². The number of nitrogens with zero attached hydrogens (tertiary/aromatic N) is 3. The maximum atomic E-state index is 12.2. The van der Waals surface area contributed by atoms with Gasteiger partial charge in [0.05, 0.1) is 27.1 Å². The van der Waals surface area contributed by atoms with Gasteiger partial charge in [0.2, 0.25) is 0 Å². The molecule has 110 valence electrons. The lowest BCUT2D eigenvalue weighted by molar-refractivity contribution is -0.384. The summed E-state index contributed by atoms with van der Waals surface area (Å²) >= 11 is 1.95. The van der Waals surface area contributed by atoms with Crippen molar-refractivity contribution in [3.05, 3.63) is 59.8 Å². The van der Waals surface area contributed by atoms with Gasteiger partial charge in [0.15, 0.2) is 0 Å². The van der Waals surface area contributed by atoms with Crippen molar-refractivity contribution in [2.45, 2.75) is 13.5 Å². The summed E-state index contributed by atoms with van der Waals surface area (Å²) in [6.45, 7) is 1.99. The van der Waals surface area contributed by atoms with E-state index < -0.39 is 4.92 Å². The van der Waals surface area contributed by atoms with Crippen molar-refractivity contribution < 1.29 is 4.92 Å². The van der Waals surface area contributed by atoms with E-state index in [1.807, 2.05) is 22.6 Å². The normalized spacial score (nSPS) is 10.4. The summed E-state index contributed by atoms with van der Waals surface area (Å²) in [4.78, 5) is 26.9. The molecule has 0 aliphatic heterocycles. The van der Waals surface area contributed by atoms with E-state index in [1.165, 1.54) is 17.0 Å².